The minimum atomic E-state index is -0.137. The summed E-state index contributed by atoms with van der Waals surface area (Å²) in [7, 11) is 0. The van der Waals surface area contributed by atoms with Crippen LogP contribution in [0, 0.1) is 6.92 Å². The molecule has 0 saturated carbocycles. The van der Waals surface area contributed by atoms with Crippen LogP contribution in [0.2, 0.25) is 0 Å². The molecule has 0 spiro atoms. The largest absolute Gasteiger partial charge is 0.507 e. The number of aromatic hydroxyl groups is 1. The van der Waals surface area contributed by atoms with E-state index in [0.717, 1.165) is 77.4 Å². The van der Waals surface area contributed by atoms with Crippen molar-refractivity contribution in [1.82, 2.24) is 9.80 Å². The predicted molar refractivity (Wildman–Crippen MR) is 159 cm³/mol. The van der Waals surface area contributed by atoms with Crippen molar-refractivity contribution in [2.45, 2.75) is 39.2 Å². The van der Waals surface area contributed by atoms with Gasteiger partial charge in [-0.2, -0.15) is 0 Å². The summed E-state index contributed by atoms with van der Waals surface area (Å²) in [5.74, 6) is 0.738. The summed E-state index contributed by atoms with van der Waals surface area (Å²) in [6.45, 7) is 8.94. The molecule has 2 fully saturated rings. The van der Waals surface area contributed by atoms with Gasteiger partial charge in [-0.25, -0.2) is 0 Å². The quantitative estimate of drug-likeness (QED) is 0.235. The van der Waals surface area contributed by atoms with Crippen molar-refractivity contribution in [3.05, 3.63) is 82.2 Å². The number of hydrogen-bond donors (Lipinski definition) is 1. The number of rotatable bonds is 9. The van der Waals surface area contributed by atoms with Crippen LogP contribution in [0.25, 0.3) is 21.2 Å². The molecule has 4 aromatic rings. The second-order valence-electron chi connectivity index (χ2n) is 10.8. The first kappa shape index (κ1) is 26.1. The number of phenols is 1. The van der Waals surface area contributed by atoms with Crippen molar-refractivity contribution in [3.63, 3.8) is 0 Å². The summed E-state index contributed by atoms with van der Waals surface area (Å²) in [5, 5.41) is 14.2. The van der Waals surface area contributed by atoms with Crippen LogP contribution < -0.4 is 4.74 Å². The van der Waals surface area contributed by atoms with Gasteiger partial charge in [0.25, 0.3) is 0 Å². The number of ketones is 1. The summed E-state index contributed by atoms with van der Waals surface area (Å²) >= 11 is 1.56. The maximum Gasteiger partial charge on any atom is 0.198 e. The molecule has 202 valence electrons. The number of phenolic OH excluding ortho intramolecular Hbond substituents is 1. The normalized spacial score (nSPS) is 16.3. The number of fused-ring (bicyclic) bond motifs is 1. The molecule has 5 nitrogen and oxygen atoms in total. The Morgan fingerprint density at radius 1 is 0.949 bits per heavy atom. The van der Waals surface area contributed by atoms with Crippen LogP contribution in [0.1, 0.15) is 52.7 Å². The highest BCUT2D eigenvalue weighted by molar-refractivity contribution is 7.17. The third kappa shape index (κ3) is 5.46. The van der Waals surface area contributed by atoms with Crippen LogP contribution in [-0.2, 0) is 6.54 Å². The number of carbonyl (C=O) groups excluding carboxylic acids is 1. The molecular formula is C33H36N2O3S. The first-order chi connectivity index (χ1) is 19.1. The first-order valence-electron chi connectivity index (χ1n) is 14.1. The van der Waals surface area contributed by atoms with Crippen molar-refractivity contribution in [3.8, 4) is 22.6 Å². The zero-order valence-corrected chi connectivity index (χ0v) is 23.4. The fourth-order valence-electron chi connectivity index (χ4n) is 6.06. The third-order valence-corrected chi connectivity index (χ3v) is 9.20. The number of nitrogens with zero attached hydrogens (tertiary/aromatic N) is 2. The summed E-state index contributed by atoms with van der Waals surface area (Å²) in [5.41, 5.74) is 4.87. The molecule has 39 heavy (non-hydrogen) atoms. The van der Waals surface area contributed by atoms with Gasteiger partial charge in [-0.1, -0.05) is 30.3 Å². The molecule has 0 amide bonds. The molecule has 1 aromatic heterocycles. The highest BCUT2D eigenvalue weighted by Crippen LogP contribution is 2.40. The molecule has 3 heterocycles. The third-order valence-electron chi connectivity index (χ3n) is 8.24. The van der Waals surface area contributed by atoms with Gasteiger partial charge in [0.1, 0.15) is 18.1 Å². The topological polar surface area (TPSA) is 53.0 Å². The molecular weight excluding hydrogens is 504 g/mol. The van der Waals surface area contributed by atoms with Gasteiger partial charge in [-0.05, 0) is 105 Å². The van der Waals surface area contributed by atoms with Gasteiger partial charge in [-0.3, -0.25) is 14.6 Å². The molecule has 3 aromatic carbocycles. The SMILES string of the molecule is Cc1c(CN2CCCC2)cc(O)c(C(=O)c2csc3ccccc23)c1-c1ccc(OCCN2CCCC2)cc1. The lowest BCUT2D eigenvalue weighted by atomic mass is 9.87. The minimum absolute atomic E-state index is 0.0519. The molecule has 0 radical (unpaired) electrons. The minimum Gasteiger partial charge on any atom is -0.507 e. The Bertz CT molecular complexity index is 1460. The number of benzene rings is 3. The molecule has 6 rings (SSSR count). The Morgan fingerprint density at radius 3 is 2.38 bits per heavy atom. The lowest BCUT2D eigenvalue weighted by Crippen LogP contribution is -2.25. The van der Waals surface area contributed by atoms with Gasteiger partial charge < -0.3 is 9.84 Å². The molecule has 6 heteroatoms. The van der Waals surface area contributed by atoms with Crippen LogP contribution in [0.3, 0.4) is 0 Å². The molecule has 0 aliphatic carbocycles. The molecule has 1 N–H and O–H groups in total. The highest BCUT2D eigenvalue weighted by atomic mass is 32.1. The van der Waals surface area contributed by atoms with E-state index in [0.29, 0.717) is 17.7 Å². The first-order valence-corrected chi connectivity index (χ1v) is 15.0. The molecule has 0 unspecified atom stereocenters. The van der Waals surface area contributed by atoms with E-state index in [-0.39, 0.29) is 11.5 Å². The van der Waals surface area contributed by atoms with Crippen LogP contribution in [-0.4, -0.2) is 60.0 Å². The van der Waals surface area contributed by atoms with E-state index in [9.17, 15) is 9.90 Å². The van der Waals surface area contributed by atoms with Crippen LogP contribution in [0.15, 0.2) is 60.0 Å². The van der Waals surface area contributed by atoms with E-state index >= 15 is 0 Å². The fraction of sp³-hybridized carbons (Fsp3) is 0.364. The van der Waals surface area contributed by atoms with Crippen LogP contribution in [0.5, 0.6) is 11.5 Å². The van der Waals surface area contributed by atoms with Gasteiger partial charge in [0.2, 0.25) is 0 Å². The highest BCUT2D eigenvalue weighted by Gasteiger charge is 2.26. The Hall–Kier alpha value is -3.19. The Morgan fingerprint density at radius 2 is 1.64 bits per heavy atom. The molecule has 0 bridgehead atoms. The smallest absolute Gasteiger partial charge is 0.198 e. The van der Waals surface area contributed by atoms with Crippen LogP contribution >= 0.6 is 11.3 Å². The summed E-state index contributed by atoms with van der Waals surface area (Å²) in [6.07, 6.45) is 4.97. The predicted octanol–water partition coefficient (Wildman–Crippen LogP) is 6.88. The fourth-order valence-corrected chi connectivity index (χ4v) is 7.00. The average Bonchev–Trinajstić information content (AvgIpc) is 3.73. The Kier molecular flexibility index (Phi) is 7.69. The van der Waals surface area contributed by atoms with Gasteiger partial charge in [0.15, 0.2) is 5.78 Å². The van der Waals surface area contributed by atoms with Gasteiger partial charge in [-0.15, -0.1) is 11.3 Å². The van der Waals surface area contributed by atoms with E-state index in [1.54, 1.807) is 11.3 Å². The van der Waals surface area contributed by atoms with E-state index in [1.165, 1.54) is 25.7 Å². The number of thiophene rings is 1. The monoisotopic (exact) mass is 540 g/mol. The van der Waals surface area contributed by atoms with E-state index in [4.69, 9.17) is 4.74 Å². The zero-order chi connectivity index (χ0) is 26.8. The maximum absolute atomic E-state index is 14.1. The van der Waals surface area contributed by atoms with Crippen LogP contribution in [0.4, 0.5) is 0 Å². The number of carbonyl (C=O) groups is 1. The summed E-state index contributed by atoms with van der Waals surface area (Å²) in [4.78, 5) is 19.0. The lowest BCUT2D eigenvalue weighted by Gasteiger charge is -2.22. The Labute approximate surface area is 234 Å². The van der Waals surface area contributed by atoms with Crippen molar-refractivity contribution < 1.29 is 14.6 Å². The van der Waals surface area contributed by atoms with Crippen molar-refractivity contribution >= 4 is 27.2 Å². The summed E-state index contributed by atoms with van der Waals surface area (Å²) in [6, 6.07) is 17.8. The standard InChI is InChI=1S/C33H36N2O3S/c1-23-25(21-35-16-6-7-17-35)20-29(36)32(33(37)28-22-39-30-9-3-2-8-27(28)30)31(23)24-10-12-26(13-11-24)38-19-18-34-14-4-5-15-34/h2-3,8-13,20,22,36H,4-7,14-19,21H2,1H3. The second kappa shape index (κ2) is 11.5. The molecule has 2 aliphatic rings. The van der Waals surface area contributed by atoms with E-state index in [2.05, 4.69) is 16.7 Å². The average molecular weight is 541 g/mol. The van der Waals surface area contributed by atoms with Gasteiger partial charge in [0, 0.05) is 34.1 Å². The Balaban J connectivity index is 1.35. The molecule has 2 aliphatic heterocycles. The number of likely N-dealkylation sites (tertiary alicyclic amines) is 2. The van der Waals surface area contributed by atoms with Crippen molar-refractivity contribution in [1.29, 1.82) is 0 Å². The maximum atomic E-state index is 14.1. The second-order valence-corrected chi connectivity index (χ2v) is 11.7. The zero-order valence-electron chi connectivity index (χ0n) is 22.6. The van der Waals surface area contributed by atoms with E-state index < -0.39 is 0 Å². The molecule has 2 saturated heterocycles. The van der Waals surface area contributed by atoms with Gasteiger partial charge in [0.05, 0.1) is 5.56 Å². The lowest BCUT2D eigenvalue weighted by molar-refractivity contribution is 0.103. The summed E-state index contributed by atoms with van der Waals surface area (Å²) < 4.78 is 7.12. The molecule has 0 atom stereocenters. The number of hydrogen-bond acceptors (Lipinski definition) is 6. The van der Waals surface area contributed by atoms with Gasteiger partial charge >= 0.3 is 0 Å². The van der Waals surface area contributed by atoms with Crippen molar-refractivity contribution in [2.75, 3.05) is 39.3 Å². The number of ether oxygens (including phenoxy) is 1. The van der Waals surface area contributed by atoms with E-state index in [1.807, 2.05) is 60.0 Å². The van der Waals surface area contributed by atoms with Crippen molar-refractivity contribution in [2.24, 2.45) is 0 Å².